The largest absolute Gasteiger partial charge is 0.354 e. The highest BCUT2D eigenvalue weighted by Crippen LogP contribution is 2.24. The number of hydrogen-bond donors (Lipinski definition) is 2. The van der Waals surface area contributed by atoms with Gasteiger partial charge in [-0.05, 0) is 37.1 Å². The van der Waals surface area contributed by atoms with E-state index in [1.54, 1.807) is 11.8 Å². The zero-order valence-electron chi connectivity index (χ0n) is 13.1. The second-order valence-corrected chi connectivity index (χ2v) is 7.76. The van der Waals surface area contributed by atoms with Gasteiger partial charge in [-0.3, -0.25) is 9.59 Å². The predicted octanol–water partition coefficient (Wildman–Crippen LogP) is 3.35. The van der Waals surface area contributed by atoms with Crippen molar-refractivity contribution < 1.29 is 9.59 Å². The lowest BCUT2D eigenvalue weighted by molar-refractivity contribution is -0.125. The quantitative estimate of drug-likeness (QED) is 0.521. The maximum Gasteiger partial charge on any atom is 0.223 e. The van der Waals surface area contributed by atoms with Crippen molar-refractivity contribution in [1.29, 1.82) is 0 Å². The maximum atomic E-state index is 11.8. The van der Waals surface area contributed by atoms with Crippen molar-refractivity contribution in [1.82, 2.24) is 10.6 Å². The van der Waals surface area contributed by atoms with E-state index in [4.69, 9.17) is 0 Å². The molecule has 2 amide bonds. The zero-order valence-corrected chi connectivity index (χ0v) is 15.5. The number of hydrogen-bond acceptors (Lipinski definition) is 3. The Morgan fingerprint density at radius 1 is 1.09 bits per heavy atom. The van der Waals surface area contributed by atoms with E-state index in [1.165, 1.54) is 0 Å². The summed E-state index contributed by atoms with van der Waals surface area (Å²) in [5.41, 5.74) is 0. The molecular weight excluding hydrogens is 376 g/mol. The van der Waals surface area contributed by atoms with Crippen LogP contribution in [0.5, 0.6) is 0 Å². The Hall–Kier alpha value is -1.01. The summed E-state index contributed by atoms with van der Waals surface area (Å²) in [5.74, 6) is 1.11. The Morgan fingerprint density at radius 3 is 2.43 bits per heavy atom. The van der Waals surface area contributed by atoms with Crippen molar-refractivity contribution in [2.45, 2.75) is 37.0 Å². The van der Waals surface area contributed by atoms with Gasteiger partial charge in [-0.1, -0.05) is 28.8 Å². The average Bonchev–Trinajstić information content (AvgIpc) is 3.08. The zero-order chi connectivity index (χ0) is 16.5. The number of amides is 2. The highest BCUT2D eigenvalue weighted by atomic mass is 79.9. The lowest BCUT2D eigenvalue weighted by Crippen LogP contribution is -2.37. The molecule has 0 unspecified atom stereocenters. The molecular formula is C17H23BrN2O2S. The van der Waals surface area contributed by atoms with Crippen LogP contribution in [0.1, 0.15) is 32.1 Å². The third-order valence-electron chi connectivity index (χ3n) is 3.88. The molecule has 0 bridgehead atoms. The topological polar surface area (TPSA) is 58.2 Å². The van der Waals surface area contributed by atoms with Gasteiger partial charge in [0.15, 0.2) is 0 Å². The van der Waals surface area contributed by atoms with Crippen LogP contribution in [0.25, 0.3) is 0 Å². The van der Waals surface area contributed by atoms with Crippen molar-refractivity contribution in [3.63, 3.8) is 0 Å². The van der Waals surface area contributed by atoms with Crippen LogP contribution < -0.4 is 10.6 Å². The molecule has 4 nitrogen and oxygen atoms in total. The van der Waals surface area contributed by atoms with Crippen LogP contribution in [-0.2, 0) is 9.59 Å². The Balaban J connectivity index is 1.51. The monoisotopic (exact) mass is 398 g/mol. The van der Waals surface area contributed by atoms with E-state index < -0.39 is 0 Å². The fraction of sp³-hybridized carbons (Fsp3) is 0.529. The van der Waals surface area contributed by atoms with Crippen LogP contribution in [-0.4, -0.2) is 30.7 Å². The van der Waals surface area contributed by atoms with Crippen molar-refractivity contribution in [2.75, 3.05) is 18.8 Å². The molecule has 1 aliphatic rings. The first-order chi connectivity index (χ1) is 11.1. The van der Waals surface area contributed by atoms with Crippen molar-refractivity contribution in [3.05, 3.63) is 28.7 Å². The molecule has 0 saturated heterocycles. The van der Waals surface area contributed by atoms with E-state index in [2.05, 4.69) is 26.6 Å². The van der Waals surface area contributed by atoms with Crippen molar-refractivity contribution in [2.24, 2.45) is 5.92 Å². The van der Waals surface area contributed by atoms with E-state index in [9.17, 15) is 9.59 Å². The molecule has 0 spiro atoms. The molecule has 0 aliphatic heterocycles. The van der Waals surface area contributed by atoms with Gasteiger partial charge in [-0.25, -0.2) is 0 Å². The van der Waals surface area contributed by atoms with E-state index in [0.717, 1.165) is 40.8 Å². The molecule has 0 atom stereocenters. The molecule has 2 N–H and O–H groups in total. The summed E-state index contributed by atoms with van der Waals surface area (Å²) in [6.07, 6.45) is 4.81. The summed E-state index contributed by atoms with van der Waals surface area (Å²) < 4.78 is 1.05. The number of rotatable bonds is 8. The Kier molecular flexibility index (Phi) is 7.95. The lowest BCUT2D eigenvalue weighted by Gasteiger charge is -2.10. The predicted molar refractivity (Wildman–Crippen MR) is 97.5 cm³/mol. The van der Waals surface area contributed by atoms with Gasteiger partial charge in [0.2, 0.25) is 11.8 Å². The first-order valence-corrected chi connectivity index (χ1v) is 9.86. The molecule has 2 rings (SSSR count). The van der Waals surface area contributed by atoms with E-state index in [0.29, 0.717) is 19.5 Å². The van der Waals surface area contributed by atoms with Gasteiger partial charge in [0, 0.05) is 40.5 Å². The number of carbonyl (C=O) groups excluding carboxylic acids is 2. The van der Waals surface area contributed by atoms with Gasteiger partial charge >= 0.3 is 0 Å². The fourth-order valence-electron chi connectivity index (χ4n) is 2.60. The summed E-state index contributed by atoms with van der Waals surface area (Å²) in [6.45, 7) is 1.02. The summed E-state index contributed by atoms with van der Waals surface area (Å²) in [4.78, 5) is 24.7. The van der Waals surface area contributed by atoms with Gasteiger partial charge < -0.3 is 10.6 Å². The Morgan fingerprint density at radius 2 is 1.74 bits per heavy atom. The van der Waals surface area contributed by atoms with E-state index in [1.807, 2.05) is 24.3 Å². The number of thioether (sulfide) groups is 1. The number of nitrogens with one attached hydrogen (secondary N) is 2. The van der Waals surface area contributed by atoms with Crippen LogP contribution in [0.3, 0.4) is 0 Å². The highest BCUT2D eigenvalue weighted by Gasteiger charge is 2.21. The molecule has 6 heteroatoms. The summed E-state index contributed by atoms with van der Waals surface area (Å²) >= 11 is 5.07. The highest BCUT2D eigenvalue weighted by molar-refractivity contribution is 9.10. The SMILES string of the molecule is O=C(CCSc1ccc(Br)cc1)NCCNC(=O)C1CCCC1. The van der Waals surface area contributed by atoms with Gasteiger partial charge in [0.1, 0.15) is 0 Å². The number of benzene rings is 1. The normalized spacial score (nSPS) is 14.7. The number of halogens is 1. The first-order valence-electron chi connectivity index (χ1n) is 8.08. The summed E-state index contributed by atoms with van der Waals surface area (Å²) in [7, 11) is 0. The molecule has 1 aliphatic carbocycles. The van der Waals surface area contributed by atoms with E-state index in [-0.39, 0.29) is 17.7 Å². The fourth-order valence-corrected chi connectivity index (χ4v) is 3.72. The van der Waals surface area contributed by atoms with E-state index >= 15 is 0 Å². The minimum atomic E-state index is 0.0322. The molecule has 1 aromatic carbocycles. The van der Waals surface area contributed by atoms with Crippen LogP contribution in [0.2, 0.25) is 0 Å². The van der Waals surface area contributed by atoms with Gasteiger partial charge in [-0.15, -0.1) is 11.8 Å². The van der Waals surface area contributed by atoms with Crippen LogP contribution >= 0.6 is 27.7 Å². The van der Waals surface area contributed by atoms with Crippen LogP contribution in [0, 0.1) is 5.92 Å². The molecule has 1 saturated carbocycles. The minimum Gasteiger partial charge on any atom is -0.354 e. The summed E-state index contributed by atoms with van der Waals surface area (Å²) in [6, 6.07) is 8.06. The molecule has 126 valence electrons. The van der Waals surface area contributed by atoms with Crippen LogP contribution in [0.15, 0.2) is 33.6 Å². The first kappa shape index (κ1) is 18.3. The standard InChI is InChI=1S/C17H23BrN2O2S/c18-14-5-7-15(8-6-14)23-12-9-16(21)19-10-11-20-17(22)13-3-1-2-4-13/h5-8,13H,1-4,9-12H2,(H,19,21)(H,20,22). The molecule has 1 fully saturated rings. The van der Waals surface area contributed by atoms with Gasteiger partial charge in [-0.2, -0.15) is 0 Å². The molecule has 23 heavy (non-hydrogen) atoms. The lowest BCUT2D eigenvalue weighted by atomic mass is 10.1. The molecule has 0 aromatic heterocycles. The molecule has 0 radical (unpaired) electrons. The maximum absolute atomic E-state index is 11.8. The molecule has 1 aromatic rings. The molecule has 0 heterocycles. The Bertz CT molecular complexity index is 516. The third-order valence-corrected chi connectivity index (χ3v) is 5.43. The Labute approximate surface area is 150 Å². The summed E-state index contributed by atoms with van der Waals surface area (Å²) in [5, 5.41) is 5.75. The minimum absolute atomic E-state index is 0.0322. The average molecular weight is 399 g/mol. The second-order valence-electron chi connectivity index (χ2n) is 5.67. The van der Waals surface area contributed by atoms with Gasteiger partial charge in [0.25, 0.3) is 0 Å². The third kappa shape index (κ3) is 6.96. The smallest absolute Gasteiger partial charge is 0.223 e. The number of carbonyl (C=O) groups is 2. The van der Waals surface area contributed by atoms with Crippen molar-refractivity contribution >= 4 is 39.5 Å². The van der Waals surface area contributed by atoms with Gasteiger partial charge in [0.05, 0.1) is 0 Å². The van der Waals surface area contributed by atoms with Crippen molar-refractivity contribution in [3.8, 4) is 0 Å². The second kappa shape index (κ2) is 9.98. The van der Waals surface area contributed by atoms with Crippen LogP contribution in [0.4, 0.5) is 0 Å².